The number of likely N-dealkylation sites (N-methyl/N-ethyl adjacent to an activating group) is 1. The van der Waals surface area contributed by atoms with Gasteiger partial charge in [0.25, 0.3) is 0 Å². The summed E-state index contributed by atoms with van der Waals surface area (Å²) in [7, 11) is -3.16. The van der Waals surface area contributed by atoms with E-state index in [1.165, 1.54) is 6.26 Å². The average molecular weight is 354 g/mol. The molecule has 134 valence electrons. The van der Waals surface area contributed by atoms with Gasteiger partial charge in [0.05, 0.1) is 4.90 Å². The Morgan fingerprint density at radius 1 is 1.04 bits per heavy atom. The molecule has 0 aromatic heterocycles. The number of aliphatic imine (C=N–C) groups is 1. The maximum Gasteiger partial charge on any atom is 0.241 e. The first kappa shape index (κ1) is 20.0. The van der Waals surface area contributed by atoms with Crippen molar-refractivity contribution in [2.75, 3.05) is 32.4 Å². The maximum absolute atomic E-state index is 11.4. The zero-order valence-electron chi connectivity index (χ0n) is 14.4. The molecule has 0 radical (unpaired) electrons. The second-order valence-electron chi connectivity index (χ2n) is 5.24. The van der Waals surface area contributed by atoms with Crippen molar-refractivity contribution in [2.24, 2.45) is 4.99 Å². The summed E-state index contributed by atoms with van der Waals surface area (Å²) >= 11 is 0. The van der Waals surface area contributed by atoms with Crippen molar-refractivity contribution in [1.29, 1.82) is 0 Å². The fourth-order valence-corrected chi connectivity index (χ4v) is 2.60. The molecule has 0 aliphatic rings. The summed E-state index contributed by atoms with van der Waals surface area (Å²) in [6, 6.07) is 6.83. The van der Waals surface area contributed by atoms with Gasteiger partial charge >= 0.3 is 0 Å². The van der Waals surface area contributed by atoms with Crippen LogP contribution in [0.1, 0.15) is 19.4 Å². The summed E-state index contributed by atoms with van der Waals surface area (Å²) in [5.74, 6) is 0.461. The minimum atomic E-state index is -3.16. The van der Waals surface area contributed by atoms with Crippen LogP contribution < -0.4 is 16.0 Å². The molecule has 0 saturated heterocycles. The molecule has 0 bridgehead atoms. The van der Waals surface area contributed by atoms with Crippen molar-refractivity contribution in [2.45, 2.75) is 25.2 Å². The van der Waals surface area contributed by atoms with Gasteiger partial charge < -0.3 is 16.0 Å². The third-order valence-corrected chi connectivity index (χ3v) is 4.29. The first-order valence-corrected chi connectivity index (χ1v) is 9.83. The van der Waals surface area contributed by atoms with E-state index in [1.807, 2.05) is 13.8 Å². The van der Waals surface area contributed by atoms with Gasteiger partial charge in [0.15, 0.2) is 15.8 Å². The van der Waals surface area contributed by atoms with E-state index in [-0.39, 0.29) is 12.5 Å². The largest absolute Gasteiger partial charge is 0.357 e. The third kappa shape index (κ3) is 7.45. The second-order valence-corrected chi connectivity index (χ2v) is 7.26. The lowest BCUT2D eigenvalue weighted by molar-refractivity contribution is -0.119. The van der Waals surface area contributed by atoms with Gasteiger partial charge in [-0.2, -0.15) is 0 Å². The van der Waals surface area contributed by atoms with Crippen LogP contribution in [0.3, 0.4) is 0 Å². The van der Waals surface area contributed by atoms with E-state index in [1.54, 1.807) is 24.3 Å². The molecule has 7 nitrogen and oxygen atoms in total. The number of amides is 1. The van der Waals surface area contributed by atoms with Gasteiger partial charge in [-0.1, -0.05) is 12.1 Å². The number of guanidine groups is 1. The van der Waals surface area contributed by atoms with Crippen LogP contribution in [0.15, 0.2) is 34.2 Å². The average Bonchev–Trinajstić information content (AvgIpc) is 2.52. The molecule has 0 unspecified atom stereocenters. The highest BCUT2D eigenvalue weighted by Crippen LogP contribution is 2.10. The maximum atomic E-state index is 11.4. The predicted molar refractivity (Wildman–Crippen MR) is 95.9 cm³/mol. The van der Waals surface area contributed by atoms with Crippen LogP contribution in [0.4, 0.5) is 0 Å². The summed E-state index contributed by atoms with van der Waals surface area (Å²) < 4.78 is 22.8. The van der Waals surface area contributed by atoms with E-state index in [4.69, 9.17) is 0 Å². The Morgan fingerprint density at radius 3 is 2.21 bits per heavy atom. The van der Waals surface area contributed by atoms with Crippen LogP contribution in [0.2, 0.25) is 0 Å². The summed E-state index contributed by atoms with van der Waals surface area (Å²) in [6.45, 7) is 5.80. The van der Waals surface area contributed by atoms with Gasteiger partial charge in [-0.25, -0.2) is 13.4 Å². The molecule has 1 aromatic carbocycles. The number of benzene rings is 1. The number of hydrogen-bond donors (Lipinski definition) is 3. The lowest BCUT2D eigenvalue weighted by Gasteiger charge is -2.11. The first-order valence-electron chi connectivity index (χ1n) is 7.94. The van der Waals surface area contributed by atoms with Crippen molar-refractivity contribution in [3.8, 4) is 0 Å². The predicted octanol–water partition coefficient (Wildman–Crippen LogP) is 0.324. The first-order chi connectivity index (χ1) is 11.4. The minimum absolute atomic E-state index is 0.0756. The topological polar surface area (TPSA) is 99.7 Å². The zero-order chi connectivity index (χ0) is 18.0. The molecule has 0 fully saturated rings. The number of carbonyl (C=O) groups excluding carboxylic acids is 1. The van der Waals surface area contributed by atoms with Crippen LogP contribution in [0.5, 0.6) is 0 Å². The standard InChI is InChI=1S/C16H26N4O3S/c1-4-17-15(21)12-20-16(18-5-2)19-11-10-13-6-8-14(9-7-13)24(3,22)23/h6-9H,4-5,10-12H2,1-3H3,(H,17,21)(H2,18,19,20). The molecule has 24 heavy (non-hydrogen) atoms. The SMILES string of the molecule is CCNC(=O)CN=C(NCC)NCCc1ccc(S(C)(=O)=O)cc1. The van der Waals surface area contributed by atoms with Gasteiger partial charge in [-0.15, -0.1) is 0 Å². The molecule has 8 heteroatoms. The molecule has 0 heterocycles. The number of nitrogens with zero attached hydrogens (tertiary/aromatic N) is 1. The zero-order valence-corrected chi connectivity index (χ0v) is 15.2. The van der Waals surface area contributed by atoms with Crippen molar-refractivity contribution >= 4 is 21.7 Å². The molecule has 0 aliphatic heterocycles. The Bertz CT molecular complexity index is 654. The quantitative estimate of drug-likeness (QED) is 0.461. The van der Waals surface area contributed by atoms with E-state index in [9.17, 15) is 13.2 Å². The number of hydrogen-bond acceptors (Lipinski definition) is 4. The molecule has 1 aromatic rings. The van der Waals surface area contributed by atoms with Crippen LogP contribution in [0, 0.1) is 0 Å². The lowest BCUT2D eigenvalue weighted by atomic mass is 10.1. The van der Waals surface area contributed by atoms with Gasteiger partial charge in [-0.05, 0) is 38.0 Å². The lowest BCUT2D eigenvalue weighted by Crippen LogP contribution is -2.39. The molecular formula is C16H26N4O3S. The molecular weight excluding hydrogens is 328 g/mol. The highest BCUT2D eigenvalue weighted by molar-refractivity contribution is 7.90. The van der Waals surface area contributed by atoms with Crippen LogP contribution in [0.25, 0.3) is 0 Å². The number of rotatable bonds is 8. The van der Waals surface area contributed by atoms with Gasteiger partial charge in [-0.3, -0.25) is 4.79 Å². The van der Waals surface area contributed by atoms with Crippen molar-refractivity contribution < 1.29 is 13.2 Å². The third-order valence-electron chi connectivity index (χ3n) is 3.16. The molecule has 0 atom stereocenters. The van der Waals surface area contributed by atoms with E-state index >= 15 is 0 Å². The molecule has 1 rings (SSSR count). The molecule has 3 N–H and O–H groups in total. The molecule has 0 saturated carbocycles. The molecule has 1 amide bonds. The van der Waals surface area contributed by atoms with Gasteiger partial charge in [0.2, 0.25) is 5.91 Å². The highest BCUT2D eigenvalue weighted by atomic mass is 32.2. The number of sulfone groups is 1. The molecule has 0 spiro atoms. The van der Waals surface area contributed by atoms with Crippen LogP contribution >= 0.6 is 0 Å². The summed E-state index contributed by atoms with van der Waals surface area (Å²) in [6.07, 6.45) is 1.91. The van der Waals surface area contributed by atoms with Crippen molar-refractivity contribution in [3.05, 3.63) is 29.8 Å². The smallest absolute Gasteiger partial charge is 0.241 e. The van der Waals surface area contributed by atoms with Crippen LogP contribution in [-0.2, 0) is 21.1 Å². The fourth-order valence-electron chi connectivity index (χ4n) is 1.97. The summed E-state index contributed by atoms with van der Waals surface area (Å²) in [5, 5.41) is 8.92. The monoisotopic (exact) mass is 354 g/mol. The minimum Gasteiger partial charge on any atom is -0.357 e. The number of carbonyl (C=O) groups is 1. The normalized spacial score (nSPS) is 11.9. The Morgan fingerprint density at radius 2 is 1.67 bits per heavy atom. The van der Waals surface area contributed by atoms with Crippen molar-refractivity contribution in [1.82, 2.24) is 16.0 Å². The highest BCUT2D eigenvalue weighted by Gasteiger charge is 2.06. The van der Waals surface area contributed by atoms with Crippen molar-refractivity contribution in [3.63, 3.8) is 0 Å². The number of nitrogens with one attached hydrogen (secondary N) is 3. The fraction of sp³-hybridized carbons (Fsp3) is 0.500. The summed E-state index contributed by atoms with van der Waals surface area (Å²) in [4.78, 5) is 16.0. The molecule has 0 aliphatic carbocycles. The van der Waals surface area contributed by atoms with E-state index < -0.39 is 9.84 Å². The van der Waals surface area contributed by atoms with Gasteiger partial charge in [0, 0.05) is 25.9 Å². The van der Waals surface area contributed by atoms with E-state index in [2.05, 4.69) is 20.9 Å². The van der Waals surface area contributed by atoms with Crippen LogP contribution in [-0.4, -0.2) is 52.7 Å². The van der Waals surface area contributed by atoms with E-state index in [0.29, 0.717) is 30.5 Å². The Labute approximate surface area is 143 Å². The Hall–Kier alpha value is -2.09. The Kier molecular flexibility index (Phi) is 8.25. The Balaban J connectivity index is 2.53. The van der Waals surface area contributed by atoms with Gasteiger partial charge in [0.1, 0.15) is 6.54 Å². The van der Waals surface area contributed by atoms with E-state index in [0.717, 1.165) is 12.0 Å². The summed E-state index contributed by atoms with van der Waals surface area (Å²) in [5.41, 5.74) is 1.02. The second kappa shape index (κ2) is 9.92.